The Kier molecular flexibility index (Phi) is 4.96. The minimum Gasteiger partial charge on any atom is -0.316 e. The Morgan fingerprint density at radius 2 is 1.81 bits per heavy atom. The number of hydrogen-bond donors (Lipinski definition) is 1. The van der Waals surface area contributed by atoms with E-state index in [-0.39, 0.29) is 0 Å². The molecular weight excluding hydrogens is 294 g/mol. The number of thioether (sulfide) groups is 1. The van der Waals surface area contributed by atoms with Crippen LogP contribution >= 0.6 is 23.1 Å². The quantitative estimate of drug-likeness (QED) is 0.655. The predicted octanol–water partition coefficient (Wildman–Crippen LogP) is 4.82. The highest BCUT2D eigenvalue weighted by molar-refractivity contribution is 7.99. The maximum absolute atomic E-state index is 3.46. The highest BCUT2D eigenvalue weighted by Crippen LogP contribution is 2.27. The second-order valence-corrected chi connectivity index (χ2v) is 7.08. The van der Waals surface area contributed by atoms with Crippen LogP contribution in [0, 0.1) is 0 Å². The van der Waals surface area contributed by atoms with Gasteiger partial charge < -0.3 is 5.32 Å². The fourth-order valence-corrected chi connectivity index (χ4v) is 4.42. The minimum absolute atomic E-state index is 0.494. The molecular formula is C18H19NS2. The Bertz CT molecular complexity index is 691. The van der Waals surface area contributed by atoms with Gasteiger partial charge in [-0.3, -0.25) is 0 Å². The number of hydrogen-bond acceptors (Lipinski definition) is 3. The SMILES string of the molecule is CNC(CSc1ccccc1)Cc1csc2ccccc12. The number of fused-ring (bicyclic) bond motifs is 1. The molecule has 3 heteroatoms. The van der Waals surface area contributed by atoms with Gasteiger partial charge in [0.2, 0.25) is 0 Å². The molecule has 0 radical (unpaired) electrons. The molecule has 1 heterocycles. The standard InChI is InChI=1S/C18H19NS2/c1-19-15(13-20-16-7-3-2-4-8-16)11-14-12-21-18-10-6-5-9-17(14)18/h2-10,12,15,19H,11,13H2,1H3. The first-order valence-corrected chi connectivity index (χ1v) is 9.03. The molecule has 0 saturated carbocycles. The lowest BCUT2D eigenvalue weighted by molar-refractivity contribution is 0.620. The number of likely N-dealkylation sites (N-methyl/N-ethyl adjacent to an activating group) is 1. The molecule has 0 spiro atoms. The van der Waals surface area contributed by atoms with E-state index in [1.807, 2.05) is 23.1 Å². The average Bonchev–Trinajstić information content (AvgIpc) is 2.95. The summed E-state index contributed by atoms with van der Waals surface area (Å²) in [5.41, 5.74) is 1.46. The minimum atomic E-state index is 0.494. The third kappa shape index (κ3) is 3.67. The van der Waals surface area contributed by atoms with Gasteiger partial charge in [-0.1, -0.05) is 36.4 Å². The van der Waals surface area contributed by atoms with Crippen LogP contribution in [0.25, 0.3) is 10.1 Å². The van der Waals surface area contributed by atoms with Gasteiger partial charge in [0, 0.05) is 21.4 Å². The smallest absolute Gasteiger partial charge is 0.0345 e. The molecule has 0 saturated heterocycles. The maximum atomic E-state index is 3.46. The van der Waals surface area contributed by atoms with Crippen LogP contribution in [0.3, 0.4) is 0 Å². The van der Waals surface area contributed by atoms with E-state index in [9.17, 15) is 0 Å². The first-order valence-electron chi connectivity index (χ1n) is 7.17. The van der Waals surface area contributed by atoms with Crippen molar-refractivity contribution in [1.29, 1.82) is 0 Å². The third-order valence-corrected chi connectivity index (χ3v) is 5.82. The van der Waals surface area contributed by atoms with Gasteiger partial charge in [0.25, 0.3) is 0 Å². The van der Waals surface area contributed by atoms with Crippen LogP contribution in [0.2, 0.25) is 0 Å². The molecule has 3 rings (SSSR count). The summed E-state index contributed by atoms with van der Waals surface area (Å²) in [6, 6.07) is 19.8. The average molecular weight is 313 g/mol. The van der Waals surface area contributed by atoms with Gasteiger partial charge in [-0.25, -0.2) is 0 Å². The van der Waals surface area contributed by atoms with E-state index in [0.717, 1.165) is 12.2 Å². The molecule has 0 aliphatic heterocycles. The van der Waals surface area contributed by atoms with Gasteiger partial charge in [-0.15, -0.1) is 23.1 Å². The molecule has 0 amide bonds. The van der Waals surface area contributed by atoms with Crippen molar-refractivity contribution in [3.8, 4) is 0 Å². The molecule has 0 aliphatic carbocycles. The monoisotopic (exact) mass is 313 g/mol. The van der Waals surface area contributed by atoms with Crippen molar-refractivity contribution in [2.45, 2.75) is 17.4 Å². The van der Waals surface area contributed by atoms with Crippen molar-refractivity contribution >= 4 is 33.2 Å². The van der Waals surface area contributed by atoms with Crippen LogP contribution in [0.5, 0.6) is 0 Å². The van der Waals surface area contributed by atoms with Crippen molar-refractivity contribution in [3.63, 3.8) is 0 Å². The zero-order valence-corrected chi connectivity index (χ0v) is 13.7. The maximum Gasteiger partial charge on any atom is 0.0345 e. The van der Waals surface area contributed by atoms with Crippen LogP contribution in [0.4, 0.5) is 0 Å². The second-order valence-electron chi connectivity index (χ2n) is 5.07. The van der Waals surface area contributed by atoms with Crippen molar-refractivity contribution < 1.29 is 0 Å². The summed E-state index contributed by atoms with van der Waals surface area (Å²) in [5.74, 6) is 1.09. The van der Waals surface area contributed by atoms with Crippen LogP contribution in [-0.2, 0) is 6.42 Å². The van der Waals surface area contributed by atoms with Gasteiger partial charge in [0.15, 0.2) is 0 Å². The molecule has 0 fully saturated rings. The van der Waals surface area contributed by atoms with Gasteiger partial charge >= 0.3 is 0 Å². The van der Waals surface area contributed by atoms with Crippen LogP contribution in [0.15, 0.2) is 64.9 Å². The van der Waals surface area contributed by atoms with Crippen molar-refractivity contribution in [2.24, 2.45) is 0 Å². The molecule has 1 atom stereocenters. The summed E-state index contributed by atoms with van der Waals surface area (Å²) in [7, 11) is 2.06. The summed E-state index contributed by atoms with van der Waals surface area (Å²) in [4.78, 5) is 1.34. The Labute approximate surface area is 134 Å². The fourth-order valence-electron chi connectivity index (χ4n) is 2.41. The normalized spacial score (nSPS) is 12.6. The molecule has 108 valence electrons. The third-order valence-electron chi connectivity index (χ3n) is 3.63. The van der Waals surface area contributed by atoms with Gasteiger partial charge in [-0.05, 0) is 48.0 Å². The molecule has 3 aromatic rings. The fraction of sp³-hybridized carbons (Fsp3) is 0.222. The van der Waals surface area contributed by atoms with Crippen LogP contribution in [-0.4, -0.2) is 18.8 Å². The molecule has 1 unspecified atom stereocenters. The second kappa shape index (κ2) is 7.12. The highest BCUT2D eigenvalue weighted by atomic mass is 32.2. The Morgan fingerprint density at radius 1 is 1.05 bits per heavy atom. The highest BCUT2D eigenvalue weighted by Gasteiger charge is 2.11. The van der Waals surface area contributed by atoms with Gasteiger partial charge in [0.05, 0.1) is 0 Å². The van der Waals surface area contributed by atoms with Crippen molar-refractivity contribution in [1.82, 2.24) is 5.32 Å². The molecule has 1 aromatic heterocycles. The van der Waals surface area contributed by atoms with E-state index in [1.165, 1.54) is 20.5 Å². The molecule has 0 aliphatic rings. The van der Waals surface area contributed by atoms with E-state index in [1.54, 1.807) is 0 Å². The van der Waals surface area contributed by atoms with Gasteiger partial charge in [-0.2, -0.15) is 0 Å². The molecule has 1 N–H and O–H groups in total. The number of thiophene rings is 1. The Morgan fingerprint density at radius 3 is 2.62 bits per heavy atom. The first kappa shape index (κ1) is 14.6. The lowest BCUT2D eigenvalue weighted by Gasteiger charge is -2.15. The predicted molar refractivity (Wildman–Crippen MR) is 95.5 cm³/mol. The molecule has 0 bridgehead atoms. The number of nitrogens with one attached hydrogen (secondary N) is 1. The Balaban J connectivity index is 1.67. The van der Waals surface area contributed by atoms with E-state index in [2.05, 4.69) is 72.3 Å². The summed E-state index contributed by atoms with van der Waals surface area (Å²) in [6.07, 6.45) is 1.08. The summed E-state index contributed by atoms with van der Waals surface area (Å²) >= 11 is 3.77. The van der Waals surface area contributed by atoms with Crippen molar-refractivity contribution in [3.05, 3.63) is 65.5 Å². The largest absolute Gasteiger partial charge is 0.316 e. The first-order chi connectivity index (χ1) is 10.4. The molecule has 1 nitrogen and oxygen atoms in total. The topological polar surface area (TPSA) is 12.0 Å². The summed E-state index contributed by atoms with van der Waals surface area (Å²) in [5, 5.41) is 7.18. The van der Waals surface area contributed by atoms with E-state index < -0.39 is 0 Å². The molecule has 2 aromatic carbocycles. The lowest BCUT2D eigenvalue weighted by Crippen LogP contribution is -2.29. The Hall–Kier alpha value is -1.29. The lowest BCUT2D eigenvalue weighted by atomic mass is 10.1. The van der Waals surface area contributed by atoms with E-state index >= 15 is 0 Å². The summed E-state index contributed by atoms with van der Waals surface area (Å²) < 4.78 is 1.39. The molecule has 21 heavy (non-hydrogen) atoms. The van der Waals surface area contributed by atoms with Crippen molar-refractivity contribution in [2.75, 3.05) is 12.8 Å². The van der Waals surface area contributed by atoms with E-state index in [4.69, 9.17) is 0 Å². The van der Waals surface area contributed by atoms with E-state index in [0.29, 0.717) is 6.04 Å². The van der Waals surface area contributed by atoms with Crippen LogP contribution < -0.4 is 5.32 Å². The summed E-state index contributed by atoms with van der Waals surface area (Å²) in [6.45, 7) is 0. The number of rotatable bonds is 6. The van der Waals surface area contributed by atoms with Crippen LogP contribution in [0.1, 0.15) is 5.56 Å². The number of benzene rings is 2. The zero-order chi connectivity index (χ0) is 14.5. The zero-order valence-electron chi connectivity index (χ0n) is 12.1. The van der Waals surface area contributed by atoms with Gasteiger partial charge in [0.1, 0.15) is 0 Å².